The maximum atomic E-state index is 13.2. The van der Waals surface area contributed by atoms with E-state index in [1.165, 1.54) is 0 Å². The first kappa shape index (κ1) is 19.8. The Morgan fingerprint density at radius 1 is 1.38 bits per heavy atom. The number of pyridine rings is 1. The Balaban J connectivity index is 2.22. The highest BCUT2D eigenvalue weighted by Gasteiger charge is 2.37. The summed E-state index contributed by atoms with van der Waals surface area (Å²) >= 11 is 14.7. The summed E-state index contributed by atoms with van der Waals surface area (Å²) in [6.45, 7) is 3.05. The van der Waals surface area contributed by atoms with Crippen molar-refractivity contribution in [1.82, 2.24) is 9.88 Å². The molecule has 0 aliphatic carbocycles. The Morgan fingerprint density at radius 3 is 2.73 bits per heavy atom. The van der Waals surface area contributed by atoms with E-state index in [9.17, 15) is 4.79 Å². The number of nitrogens with two attached hydrogens (primary N) is 1. The van der Waals surface area contributed by atoms with Gasteiger partial charge in [0.15, 0.2) is 0 Å². The number of aromatic nitrogens is 1. The second-order valence-corrected chi connectivity index (χ2v) is 8.31. The Morgan fingerprint density at radius 2 is 2.12 bits per heavy atom. The molecule has 1 unspecified atom stereocenters. The maximum absolute atomic E-state index is 13.2. The zero-order valence-corrected chi connectivity index (χ0v) is 18.0. The first-order valence-electron chi connectivity index (χ1n) is 8.00. The lowest BCUT2D eigenvalue weighted by atomic mass is 9.93. The SMILES string of the molecule is COCC(I)N1Cc2nc(C)c(CN)c(-c3ccc(Cl)cc3Cl)c2C1=O. The van der Waals surface area contributed by atoms with Crippen LogP contribution in [-0.2, 0) is 17.8 Å². The number of hydrogen-bond acceptors (Lipinski definition) is 4. The number of ether oxygens (including phenoxy) is 1. The van der Waals surface area contributed by atoms with E-state index in [2.05, 4.69) is 27.6 Å². The molecule has 26 heavy (non-hydrogen) atoms. The third kappa shape index (κ3) is 3.45. The number of methoxy groups -OCH3 is 1. The fraction of sp³-hybridized carbons (Fsp3) is 0.333. The molecule has 0 bridgehead atoms. The summed E-state index contributed by atoms with van der Waals surface area (Å²) in [5.74, 6) is -0.0836. The first-order valence-corrected chi connectivity index (χ1v) is 10.0. The van der Waals surface area contributed by atoms with E-state index in [1.54, 1.807) is 24.1 Å². The van der Waals surface area contributed by atoms with Crippen LogP contribution < -0.4 is 5.73 Å². The topological polar surface area (TPSA) is 68.4 Å². The molecule has 8 heteroatoms. The number of aryl methyl sites for hydroxylation is 1. The quantitative estimate of drug-likeness (QED) is 0.376. The zero-order chi connectivity index (χ0) is 19.0. The molecule has 1 amide bonds. The van der Waals surface area contributed by atoms with Crippen LogP contribution in [0.5, 0.6) is 0 Å². The van der Waals surface area contributed by atoms with E-state index in [0.29, 0.717) is 28.8 Å². The number of amides is 1. The van der Waals surface area contributed by atoms with Gasteiger partial charge >= 0.3 is 0 Å². The maximum Gasteiger partial charge on any atom is 0.257 e. The smallest absolute Gasteiger partial charge is 0.257 e. The largest absolute Gasteiger partial charge is 0.382 e. The lowest BCUT2D eigenvalue weighted by Crippen LogP contribution is -2.34. The molecule has 0 saturated heterocycles. The predicted octanol–water partition coefficient (Wildman–Crippen LogP) is 4.19. The Hall–Kier alpha value is -0.930. The van der Waals surface area contributed by atoms with E-state index in [4.69, 9.17) is 33.7 Å². The molecule has 1 aromatic heterocycles. The molecule has 1 atom stereocenters. The van der Waals surface area contributed by atoms with Crippen molar-refractivity contribution in [2.24, 2.45) is 5.73 Å². The number of rotatable bonds is 5. The predicted molar refractivity (Wildman–Crippen MR) is 112 cm³/mol. The molecule has 1 aliphatic heterocycles. The van der Waals surface area contributed by atoms with Crippen molar-refractivity contribution in [3.05, 3.63) is 50.8 Å². The molecule has 138 valence electrons. The highest BCUT2D eigenvalue weighted by molar-refractivity contribution is 14.1. The summed E-state index contributed by atoms with van der Waals surface area (Å²) in [6, 6.07) is 5.25. The van der Waals surface area contributed by atoms with E-state index in [0.717, 1.165) is 28.1 Å². The van der Waals surface area contributed by atoms with E-state index in [1.807, 2.05) is 13.0 Å². The van der Waals surface area contributed by atoms with Gasteiger partial charge in [-0.3, -0.25) is 9.78 Å². The van der Waals surface area contributed by atoms with Crippen molar-refractivity contribution in [3.8, 4) is 11.1 Å². The summed E-state index contributed by atoms with van der Waals surface area (Å²) in [7, 11) is 1.62. The number of nitrogens with zero attached hydrogens (tertiary/aromatic N) is 2. The Bertz CT molecular complexity index is 876. The number of fused-ring (bicyclic) bond motifs is 1. The van der Waals surface area contributed by atoms with E-state index in [-0.39, 0.29) is 16.5 Å². The van der Waals surface area contributed by atoms with E-state index < -0.39 is 0 Å². The molecule has 3 rings (SSSR count). The standard InChI is InChI=1S/C18H18Cl2IN3O2/c1-9-12(6-22)16(11-4-3-10(19)5-13(11)20)17-14(23-9)7-24(18(17)25)15(21)8-26-2/h3-5,15H,6-8,22H2,1-2H3. The molecule has 2 aromatic rings. The molecule has 0 spiro atoms. The zero-order valence-electron chi connectivity index (χ0n) is 14.4. The van der Waals surface area contributed by atoms with Gasteiger partial charge in [0.2, 0.25) is 0 Å². The van der Waals surface area contributed by atoms with Crippen LogP contribution in [0.4, 0.5) is 0 Å². The van der Waals surface area contributed by atoms with Gasteiger partial charge in [0.25, 0.3) is 5.91 Å². The number of carbonyl (C=O) groups excluding carboxylic acids is 1. The van der Waals surface area contributed by atoms with Crippen LogP contribution in [0.1, 0.15) is 27.3 Å². The van der Waals surface area contributed by atoms with Crippen molar-refractivity contribution >= 4 is 51.7 Å². The molecule has 5 nitrogen and oxygen atoms in total. The molecule has 2 heterocycles. The lowest BCUT2D eigenvalue weighted by Gasteiger charge is -2.21. The molecule has 1 aliphatic rings. The monoisotopic (exact) mass is 505 g/mol. The average molecular weight is 506 g/mol. The van der Waals surface area contributed by atoms with Crippen molar-refractivity contribution < 1.29 is 9.53 Å². The summed E-state index contributed by atoms with van der Waals surface area (Å²) < 4.78 is 5.11. The molecular formula is C18H18Cl2IN3O2. The van der Waals surface area contributed by atoms with Gasteiger partial charge in [-0.15, -0.1) is 0 Å². The van der Waals surface area contributed by atoms with Crippen LogP contribution in [0.3, 0.4) is 0 Å². The van der Waals surface area contributed by atoms with Crippen LogP contribution in [0.2, 0.25) is 10.0 Å². The normalized spacial score (nSPS) is 14.7. The number of carbonyl (C=O) groups is 1. The van der Waals surface area contributed by atoms with E-state index >= 15 is 0 Å². The fourth-order valence-corrected chi connectivity index (χ4v) is 4.53. The Labute approximate surface area is 176 Å². The lowest BCUT2D eigenvalue weighted by molar-refractivity contribution is 0.0699. The third-order valence-corrected chi connectivity index (χ3v) is 6.00. The molecule has 0 fully saturated rings. The summed E-state index contributed by atoms with van der Waals surface area (Å²) in [5.41, 5.74) is 10.4. The van der Waals surface area contributed by atoms with Crippen molar-refractivity contribution in [2.75, 3.05) is 13.7 Å². The van der Waals surface area contributed by atoms with Gasteiger partial charge in [-0.25, -0.2) is 0 Å². The minimum atomic E-state index is -0.0885. The minimum absolute atomic E-state index is 0.0836. The van der Waals surface area contributed by atoms with Gasteiger partial charge in [-0.2, -0.15) is 0 Å². The number of alkyl halides is 1. The van der Waals surface area contributed by atoms with Crippen molar-refractivity contribution in [1.29, 1.82) is 0 Å². The van der Waals surface area contributed by atoms with Gasteiger partial charge in [0, 0.05) is 40.5 Å². The molecule has 0 radical (unpaired) electrons. The molecule has 1 aromatic carbocycles. The molecule has 2 N–H and O–H groups in total. The first-order chi connectivity index (χ1) is 12.4. The van der Waals surface area contributed by atoms with Gasteiger partial charge in [0.05, 0.1) is 24.4 Å². The molecule has 0 saturated carbocycles. The highest BCUT2D eigenvalue weighted by Crippen LogP contribution is 2.40. The van der Waals surface area contributed by atoms with Crippen LogP contribution in [0.15, 0.2) is 18.2 Å². The van der Waals surface area contributed by atoms with Crippen LogP contribution in [0.25, 0.3) is 11.1 Å². The minimum Gasteiger partial charge on any atom is -0.382 e. The van der Waals surface area contributed by atoms with Gasteiger partial charge in [-0.1, -0.05) is 51.9 Å². The highest BCUT2D eigenvalue weighted by atomic mass is 127. The summed E-state index contributed by atoms with van der Waals surface area (Å²) in [4.78, 5) is 19.6. The average Bonchev–Trinajstić information content (AvgIpc) is 2.90. The van der Waals surface area contributed by atoms with Crippen LogP contribution in [0, 0.1) is 6.92 Å². The second kappa shape index (κ2) is 7.98. The molecular weight excluding hydrogens is 488 g/mol. The number of hydrogen-bond donors (Lipinski definition) is 1. The van der Waals surface area contributed by atoms with Crippen molar-refractivity contribution in [2.45, 2.75) is 24.1 Å². The fourth-order valence-electron chi connectivity index (χ4n) is 3.22. The van der Waals surface area contributed by atoms with Gasteiger partial charge < -0.3 is 15.4 Å². The van der Waals surface area contributed by atoms with Crippen molar-refractivity contribution in [3.63, 3.8) is 0 Å². The summed E-state index contributed by atoms with van der Waals surface area (Å²) in [6.07, 6.45) is 0. The van der Waals surface area contributed by atoms with Crippen LogP contribution >= 0.6 is 45.8 Å². The van der Waals surface area contributed by atoms with Crippen LogP contribution in [-0.4, -0.2) is 33.6 Å². The Kier molecular flexibility index (Phi) is 6.08. The number of halogens is 3. The summed E-state index contributed by atoms with van der Waals surface area (Å²) in [5, 5.41) is 1.02. The third-order valence-electron chi connectivity index (χ3n) is 4.42. The second-order valence-electron chi connectivity index (χ2n) is 6.02. The van der Waals surface area contributed by atoms with Gasteiger partial charge in [-0.05, 0) is 24.6 Å². The number of benzene rings is 1. The van der Waals surface area contributed by atoms with Gasteiger partial charge in [0.1, 0.15) is 4.05 Å².